The maximum absolute atomic E-state index is 12.0. The molecule has 3 rings (SSSR count). The number of nitrogens with one attached hydrogen (secondary N) is 2. The first kappa shape index (κ1) is 15.9. The van der Waals surface area contributed by atoms with Gasteiger partial charge in [0.15, 0.2) is 5.58 Å². The number of aryl methyl sites for hydroxylation is 1. The average molecular weight is 326 g/mol. The van der Waals surface area contributed by atoms with E-state index in [1.54, 1.807) is 13.2 Å². The highest BCUT2D eigenvalue weighted by Crippen LogP contribution is 2.17. The number of H-pyrrole nitrogens is 1. The first-order chi connectivity index (χ1) is 11.7. The number of oxazole rings is 1. The van der Waals surface area contributed by atoms with Crippen molar-refractivity contribution in [1.82, 2.24) is 10.3 Å². The number of para-hydroxylation sites is 1. The molecule has 0 aliphatic carbocycles. The van der Waals surface area contributed by atoms with E-state index in [2.05, 4.69) is 10.3 Å². The van der Waals surface area contributed by atoms with Crippen LogP contribution in [0.1, 0.15) is 17.5 Å². The highest BCUT2D eigenvalue weighted by atomic mass is 16.5. The summed E-state index contributed by atoms with van der Waals surface area (Å²) in [5.74, 6) is 0.241. The van der Waals surface area contributed by atoms with Gasteiger partial charge in [-0.2, -0.15) is 0 Å². The Hall–Kier alpha value is -3.02. The first-order valence-electron chi connectivity index (χ1n) is 7.66. The molecule has 0 radical (unpaired) electrons. The lowest BCUT2D eigenvalue weighted by Crippen LogP contribution is -2.23. The fourth-order valence-electron chi connectivity index (χ4n) is 2.54. The number of hydrogen-bond donors (Lipinski definition) is 2. The third-order valence-corrected chi connectivity index (χ3v) is 3.79. The number of aromatic amines is 1. The maximum Gasteiger partial charge on any atom is 0.417 e. The Morgan fingerprint density at radius 2 is 2.08 bits per heavy atom. The van der Waals surface area contributed by atoms with Gasteiger partial charge in [0.25, 0.3) is 0 Å². The summed E-state index contributed by atoms with van der Waals surface area (Å²) in [5.41, 5.74) is 3.06. The molecule has 24 heavy (non-hydrogen) atoms. The largest absolute Gasteiger partial charge is 0.496 e. The van der Waals surface area contributed by atoms with Gasteiger partial charge in [0.1, 0.15) is 5.75 Å². The van der Waals surface area contributed by atoms with E-state index in [1.807, 2.05) is 36.4 Å². The quantitative estimate of drug-likeness (QED) is 0.728. The molecule has 0 saturated carbocycles. The lowest BCUT2D eigenvalue weighted by Gasteiger charge is -2.09. The lowest BCUT2D eigenvalue weighted by atomic mass is 10.1. The second-order valence-corrected chi connectivity index (χ2v) is 5.43. The maximum atomic E-state index is 12.0. The fraction of sp³-hybridized carbons (Fsp3) is 0.222. The Bertz CT molecular complexity index is 911. The molecule has 0 atom stereocenters. The monoisotopic (exact) mass is 326 g/mol. The van der Waals surface area contributed by atoms with Crippen molar-refractivity contribution in [1.29, 1.82) is 0 Å². The average Bonchev–Trinajstić information content (AvgIpc) is 2.97. The van der Waals surface area contributed by atoms with Gasteiger partial charge in [-0.25, -0.2) is 4.79 Å². The van der Waals surface area contributed by atoms with Crippen LogP contribution >= 0.6 is 0 Å². The molecule has 124 valence electrons. The van der Waals surface area contributed by atoms with E-state index < -0.39 is 5.76 Å². The smallest absolute Gasteiger partial charge is 0.417 e. The van der Waals surface area contributed by atoms with Gasteiger partial charge >= 0.3 is 5.76 Å². The van der Waals surface area contributed by atoms with Gasteiger partial charge in [0.2, 0.25) is 5.91 Å². The topological polar surface area (TPSA) is 84.3 Å². The number of aromatic nitrogens is 1. The zero-order chi connectivity index (χ0) is 16.9. The molecule has 3 aromatic rings. The molecule has 1 aromatic heterocycles. The summed E-state index contributed by atoms with van der Waals surface area (Å²) in [6.07, 6.45) is 0.948. The standard InChI is InChI=1S/C18H18N2O4/c1-23-15-5-3-2-4-13(15)11-19-17(21)9-7-12-6-8-16-14(10-12)20-18(22)24-16/h2-6,8,10H,7,9,11H2,1H3,(H,19,21)(H,20,22). The van der Waals surface area contributed by atoms with E-state index in [-0.39, 0.29) is 5.91 Å². The number of rotatable bonds is 6. The third kappa shape index (κ3) is 3.65. The van der Waals surface area contributed by atoms with Crippen molar-refractivity contribution in [2.45, 2.75) is 19.4 Å². The molecule has 0 aliphatic rings. The van der Waals surface area contributed by atoms with E-state index in [1.165, 1.54) is 0 Å². The summed E-state index contributed by atoms with van der Waals surface area (Å²) >= 11 is 0. The number of hydrogen-bond acceptors (Lipinski definition) is 4. The van der Waals surface area contributed by atoms with Crippen molar-refractivity contribution in [3.8, 4) is 5.75 Å². The van der Waals surface area contributed by atoms with Crippen LogP contribution in [0.2, 0.25) is 0 Å². The second-order valence-electron chi connectivity index (χ2n) is 5.43. The molecule has 0 saturated heterocycles. The van der Waals surface area contributed by atoms with E-state index in [9.17, 15) is 9.59 Å². The van der Waals surface area contributed by atoms with Crippen LogP contribution in [0.15, 0.2) is 51.7 Å². The summed E-state index contributed by atoms with van der Waals surface area (Å²) in [4.78, 5) is 25.8. The Balaban J connectivity index is 1.55. The predicted octanol–water partition coefficient (Wildman–Crippen LogP) is 2.38. The molecule has 0 spiro atoms. The van der Waals surface area contributed by atoms with Crippen molar-refractivity contribution in [2.24, 2.45) is 0 Å². The SMILES string of the molecule is COc1ccccc1CNC(=O)CCc1ccc2oc(=O)[nH]c2c1. The summed E-state index contributed by atoms with van der Waals surface area (Å²) in [7, 11) is 1.61. The van der Waals surface area contributed by atoms with Gasteiger partial charge in [-0.1, -0.05) is 24.3 Å². The van der Waals surface area contributed by atoms with Crippen LogP contribution in [0.4, 0.5) is 0 Å². The fourth-order valence-corrected chi connectivity index (χ4v) is 2.54. The van der Waals surface area contributed by atoms with Gasteiger partial charge in [0, 0.05) is 18.5 Å². The van der Waals surface area contributed by atoms with Crippen molar-refractivity contribution in [3.63, 3.8) is 0 Å². The molecule has 6 nitrogen and oxygen atoms in total. The first-order valence-corrected chi connectivity index (χ1v) is 7.66. The second kappa shape index (κ2) is 7.04. The Morgan fingerprint density at radius 3 is 2.92 bits per heavy atom. The number of carbonyl (C=O) groups excluding carboxylic acids is 1. The van der Waals surface area contributed by atoms with Crippen LogP contribution < -0.4 is 15.8 Å². The molecular formula is C18H18N2O4. The minimum absolute atomic E-state index is 0.0401. The molecule has 0 unspecified atom stereocenters. The van der Waals surface area contributed by atoms with E-state index >= 15 is 0 Å². The molecule has 0 aliphatic heterocycles. The van der Waals surface area contributed by atoms with Crippen molar-refractivity contribution < 1.29 is 13.9 Å². The predicted molar refractivity (Wildman–Crippen MR) is 90.0 cm³/mol. The zero-order valence-electron chi connectivity index (χ0n) is 13.3. The molecule has 2 aromatic carbocycles. The number of amides is 1. The molecule has 0 fully saturated rings. The normalized spacial score (nSPS) is 10.7. The highest BCUT2D eigenvalue weighted by Gasteiger charge is 2.07. The Morgan fingerprint density at radius 1 is 1.25 bits per heavy atom. The third-order valence-electron chi connectivity index (χ3n) is 3.79. The van der Waals surface area contributed by atoms with Crippen LogP contribution in [0, 0.1) is 0 Å². The van der Waals surface area contributed by atoms with Crippen LogP contribution in [0.3, 0.4) is 0 Å². The highest BCUT2D eigenvalue weighted by molar-refractivity contribution is 5.77. The molecule has 1 amide bonds. The molecule has 0 bridgehead atoms. The van der Waals surface area contributed by atoms with E-state index in [0.717, 1.165) is 16.9 Å². The van der Waals surface area contributed by atoms with Crippen LogP contribution in [-0.4, -0.2) is 18.0 Å². The van der Waals surface area contributed by atoms with E-state index in [0.29, 0.717) is 30.5 Å². The lowest BCUT2D eigenvalue weighted by molar-refractivity contribution is -0.121. The minimum atomic E-state index is -0.475. The van der Waals surface area contributed by atoms with Crippen LogP contribution in [-0.2, 0) is 17.8 Å². The molecule has 2 N–H and O–H groups in total. The number of fused-ring (bicyclic) bond motifs is 1. The summed E-state index contributed by atoms with van der Waals surface area (Å²) in [5, 5.41) is 2.89. The minimum Gasteiger partial charge on any atom is -0.496 e. The zero-order valence-corrected chi connectivity index (χ0v) is 13.3. The van der Waals surface area contributed by atoms with Gasteiger partial charge in [0.05, 0.1) is 12.6 Å². The number of carbonyl (C=O) groups is 1. The van der Waals surface area contributed by atoms with E-state index in [4.69, 9.17) is 9.15 Å². The molecular weight excluding hydrogens is 308 g/mol. The Labute approximate surface area is 138 Å². The molecule has 6 heteroatoms. The van der Waals surface area contributed by atoms with Crippen molar-refractivity contribution in [2.75, 3.05) is 7.11 Å². The van der Waals surface area contributed by atoms with Crippen LogP contribution in [0.25, 0.3) is 11.1 Å². The molecule has 1 heterocycles. The van der Waals surface area contributed by atoms with Crippen molar-refractivity contribution in [3.05, 3.63) is 64.1 Å². The number of benzene rings is 2. The van der Waals surface area contributed by atoms with Crippen molar-refractivity contribution >= 4 is 17.0 Å². The van der Waals surface area contributed by atoms with Gasteiger partial charge < -0.3 is 14.5 Å². The van der Waals surface area contributed by atoms with Gasteiger partial charge in [-0.3, -0.25) is 9.78 Å². The van der Waals surface area contributed by atoms with Gasteiger partial charge in [-0.15, -0.1) is 0 Å². The van der Waals surface area contributed by atoms with Gasteiger partial charge in [-0.05, 0) is 30.2 Å². The number of ether oxygens (including phenoxy) is 1. The summed E-state index contributed by atoms with van der Waals surface area (Å²) in [6.45, 7) is 0.428. The van der Waals surface area contributed by atoms with Crippen LogP contribution in [0.5, 0.6) is 5.75 Å². The summed E-state index contributed by atoms with van der Waals surface area (Å²) in [6, 6.07) is 13.0. The summed E-state index contributed by atoms with van der Waals surface area (Å²) < 4.78 is 10.2. The Kier molecular flexibility index (Phi) is 4.65. The number of methoxy groups -OCH3 is 1.